The predicted molar refractivity (Wildman–Crippen MR) is 442 cm³/mol. The minimum absolute atomic E-state index is 0.107. The molecule has 3 N–H and O–H groups in total. The molecule has 107 heavy (non-hydrogen) atoms. The maximum Gasteiger partial charge on any atom is 0.472 e. The van der Waals surface area contributed by atoms with Crippen LogP contribution in [0.3, 0.4) is 0 Å². The Hall–Kier alpha value is -1.94. The van der Waals surface area contributed by atoms with Crippen LogP contribution >= 0.6 is 15.6 Å². The Kier molecular flexibility index (Phi) is 77.9. The fourth-order valence-corrected chi connectivity index (χ4v) is 15.3. The number of phosphoric ester groups is 2. The number of carbonyl (C=O) groups is 4. The summed E-state index contributed by atoms with van der Waals surface area (Å²) in [5, 5.41) is 10.7. The van der Waals surface area contributed by atoms with E-state index in [1.807, 2.05) is 0 Å². The molecular formula is C88H172O17P2. The largest absolute Gasteiger partial charge is 0.472 e. The normalized spacial score (nSPS) is 14.0. The smallest absolute Gasteiger partial charge is 0.462 e. The lowest BCUT2D eigenvalue weighted by molar-refractivity contribution is -0.161. The number of hydrogen-bond acceptors (Lipinski definition) is 15. The average Bonchev–Trinajstić information content (AvgIpc) is 0.898. The van der Waals surface area contributed by atoms with Crippen molar-refractivity contribution < 1.29 is 80.2 Å². The molecular weight excluding hydrogens is 1390 g/mol. The molecule has 0 aliphatic carbocycles. The average molecular weight is 1560 g/mol. The number of hydrogen-bond donors (Lipinski definition) is 3. The minimum Gasteiger partial charge on any atom is -0.462 e. The number of unbranched alkanes of at least 4 members (excludes halogenated alkanes) is 56. The fourth-order valence-electron chi connectivity index (χ4n) is 13.7. The van der Waals surface area contributed by atoms with Crippen LogP contribution in [0.1, 0.15) is 472 Å². The van der Waals surface area contributed by atoms with Gasteiger partial charge in [0.2, 0.25) is 0 Å². The second-order valence-electron chi connectivity index (χ2n) is 32.4. The molecule has 0 saturated heterocycles. The van der Waals surface area contributed by atoms with Crippen molar-refractivity contribution in [2.24, 2.45) is 11.8 Å². The summed E-state index contributed by atoms with van der Waals surface area (Å²) in [6.45, 7) is 9.73. The van der Waals surface area contributed by atoms with Crippen molar-refractivity contribution in [2.45, 2.75) is 490 Å². The molecule has 17 nitrogen and oxygen atoms in total. The van der Waals surface area contributed by atoms with Crippen molar-refractivity contribution >= 4 is 39.5 Å². The van der Waals surface area contributed by atoms with Crippen molar-refractivity contribution in [2.75, 3.05) is 39.6 Å². The van der Waals surface area contributed by atoms with Gasteiger partial charge < -0.3 is 33.8 Å². The summed E-state index contributed by atoms with van der Waals surface area (Å²) in [4.78, 5) is 73.2. The second kappa shape index (κ2) is 79.3. The summed E-state index contributed by atoms with van der Waals surface area (Å²) in [5.41, 5.74) is 0. The van der Waals surface area contributed by atoms with E-state index >= 15 is 0 Å². The van der Waals surface area contributed by atoms with E-state index in [4.69, 9.17) is 37.0 Å². The number of aliphatic hydroxyl groups excluding tert-OH is 1. The second-order valence-corrected chi connectivity index (χ2v) is 35.3. The van der Waals surface area contributed by atoms with E-state index in [2.05, 4.69) is 41.5 Å². The lowest BCUT2D eigenvalue weighted by Crippen LogP contribution is -2.30. The first-order valence-corrected chi connectivity index (χ1v) is 48.5. The molecule has 0 saturated carbocycles. The maximum absolute atomic E-state index is 13.2. The van der Waals surface area contributed by atoms with Crippen molar-refractivity contribution in [3.05, 3.63) is 0 Å². The summed E-state index contributed by atoms with van der Waals surface area (Å²) in [6, 6.07) is 0. The van der Waals surface area contributed by atoms with Gasteiger partial charge in [0, 0.05) is 25.7 Å². The first-order chi connectivity index (χ1) is 51.9. The fraction of sp³-hybridized carbons (Fsp3) is 0.955. The Morgan fingerprint density at radius 1 is 0.271 bits per heavy atom. The third kappa shape index (κ3) is 80.5. The lowest BCUT2D eigenvalue weighted by Gasteiger charge is -2.21. The van der Waals surface area contributed by atoms with E-state index in [1.54, 1.807) is 0 Å². The summed E-state index contributed by atoms with van der Waals surface area (Å²) >= 11 is 0. The van der Waals surface area contributed by atoms with E-state index in [9.17, 15) is 43.2 Å². The van der Waals surface area contributed by atoms with E-state index < -0.39 is 97.5 Å². The van der Waals surface area contributed by atoms with Gasteiger partial charge in [0.1, 0.15) is 19.3 Å². The molecule has 19 heteroatoms. The molecule has 0 aromatic heterocycles. The van der Waals surface area contributed by atoms with Crippen molar-refractivity contribution in [1.82, 2.24) is 0 Å². The first-order valence-electron chi connectivity index (χ1n) is 45.5. The molecule has 0 rings (SSSR count). The van der Waals surface area contributed by atoms with Crippen LogP contribution in [-0.4, -0.2) is 96.7 Å². The molecule has 0 aromatic carbocycles. The van der Waals surface area contributed by atoms with Crippen molar-refractivity contribution in [3.8, 4) is 0 Å². The third-order valence-electron chi connectivity index (χ3n) is 21.1. The molecule has 0 radical (unpaired) electrons. The molecule has 3 unspecified atom stereocenters. The summed E-state index contributed by atoms with van der Waals surface area (Å²) in [7, 11) is -9.93. The van der Waals surface area contributed by atoms with Crippen LogP contribution in [0.25, 0.3) is 0 Å². The van der Waals surface area contributed by atoms with Crippen LogP contribution < -0.4 is 0 Å². The van der Waals surface area contributed by atoms with Gasteiger partial charge in [-0.2, -0.15) is 0 Å². The molecule has 0 bridgehead atoms. The van der Waals surface area contributed by atoms with Gasteiger partial charge in [0.25, 0.3) is 0 Å². The maximum atomic E-state index is 13.2. The number of esters is 4. The molecule has 0 fully saturated rings. The van der Waals surface area contributed by atoms with Gasteiger partial charge in [-0.3, -0.25) is 37.3 Å². The predicted octanol–water partition coefficient (Wildman–Crippen LogP) is 27.0. The third-order valence-corrected chi connectivity index (χ3v) is 23.0. The zero-order valence-corrected chi connectivity index (χ0v) is 72.2. The van der Waals surface area contributed by atoms with Gasteiger partial charge in [-0.1, -0.05) is 420 Å². The van der Waals surface area contributed by atoms with Gasteiger partial charge in [0.15, 0.2) is 12.2 Å². The van der Waals surface area contributed by atoms with Crippen LogP contribution in [0.15, 0.2) is 0 Å². The highest BCUT2D eigenvalue weighted by Crippen LogP contribution is 2.45. The molecule has 636 valence electrons. The molecule has 0 aromatic rings. The van der Waals surface area contributed by atoms with Gasteiger partial charge in [0.05, 0.1) is 26.4 Å². The number of rotatable bonds is 87. The molecule has 0 aliphatic heterocycles. The van der Waals surface area contributed by atoms with Crippen molar-refractivity contribution in [1.29, 1.82) is 0 Å². The van der Waals surface area contributed by atoms with Crippen molar-refractivity contribution in [3.63, 3.8) is 0 Å². The highest BCUT2D eigenvalue weighted by molar-refractivity contribution is 7.47. The van der Waals surface area contributed by atoms with Crippen LogP contribution in [-0.2, 0) is 65.4 Å². The van der Waals surface area contributed by atoms with E-state index in [1.165, 1.54) is 289 Å². The van der Waals surface area contributed by atoms with Crippen LogP contribution in [0, 0.1) is 11.8 Å². The quantitative estimate of drug-likeness (QED) is 0.0222. The zero-order chi connectivity index (χ0) is 78.5. The van der Waals surface area contributed by atoms with Crippen LogP contribution in [0.5, 0.6) is 0 Å². The Balaban J connectivity index is 5.21. The van der Waals surface area contributed by atoms with Gasteiger partial charge in [-0.05, 0) is 37.5 Å². The van der Waals surface area contributed by atoms with Crippen LogP contribution in [0.2, 0.25) is 0 Å². The molecule has 6 atom stereocenters. The summed E-state index contributed by atoms with van der Waals surface area (Å²) in [6.07, 6.45) is 72.3. The SMILES string of the molecule is CCCCCCCCCCCCCCCCCCCCCCCC(=O)OC[C@H](COP(=O)(O)OC[C@@H](O)COP(=O)(O)OC[C@@H](COC(=O)CCCCCCCCCCCCC)OC(=O)CCCCCCCCCCCCC(C)C)OC(=O)CCCCCCCCCCCCCCCCCCCCC(C)CC. The minimum atomic E-state index is -4.97. The molecule has 0 heterocycles. The summed E-state index contributed by atoms with van der Waals surface area (Å²) < 4.78 is 68.9. The number of carbonyl (C=O) groups excluding carboxylic acids is 4. The molecule has 0 amide bonds. The first kappa shape index (κ1) is 105. The Morgan fingerprint density at radius 2 is 0.477 bits per heavy atom. The van der Waals surface area contributed by atoms with E-state index in [0.717, 1.165) is 102 Å². The summed E-state index contributed by atoms with van der Waals surface area (Å²) in [5.74, 6) is -0.478. The number of aliphatic hydroxyl groups is 1. The number of ether oxygens (including phenoxy) is 4. The van der Waals surface area contributed by atoms with Gasteiger partial charge in [-0.25, -0.2) is 9.13 Å². The molecule has 0 spiro atoms. The Labute approximate surface area is 658 Å². The standard InChI is InChI=1S/C88H172O17P2/c1-7-10-12-14-16-18-20-21-22-23-24-25-26-30-33-36-40-47-53-59-65-71-86(91)99-77-83(104-87(92)72-66-60-54-48-41-37-34-31-28-27-29-32-35-39-45-51-57-63-69-81(6)9-3)78-102-106(94,95)100-74-82(89)75-101-107(96,97)103-79-84(76-98-85(90)70-64-58-52-46-38-19-17-15-13-11-8-2)105-88(93)73-67-61-55-49-43-42-44-50-56-62-68-80(4)5/h80-84,89H,7-79H2,1-6H3,(H,94,95)(H,96,97)/t81?,82-,83-,84-/m1/s1. The highest BCUT2D eigenvalue weighted by Gasteiger charge is 2.31. The number of phosphoric acid groups is 2. The van der Waals surface area contributed by atoms with E-state index in [-0.39, 0.29) is 25.7 Å². The monoisotopic (exact) mass is 1560 g/mol. The highest BCUT2D eigenvalue weighted by atomic mass is 31.2. The topological polar surface area (TPSA) is 237 Å². The molecule has 0 aliphatic rings. The van der Waals surface area contributed by atoms with E-state index in [0.29, 0.717) is 25.7 Å². The van der Waals surface area contributed by atoms with Crippen LogP contribution in [0.4, 0.5) is 0 Å². The Morgan fingerprint density at radius 3 is 0.710 bits per heavy atom. The van der Waals surface area contributed by atoms with Gasteiger partial charge in [-0.15, -0.1) is 0 Å². The zero-order valence-electron chi connectivity index (χ0n) is 70.5. The van der Waals surface area contributed by atoms with Gasteiger partial charge >= 0.3 is 39.5 Å². The Bertz CT molecular complexity index is 2050. The lowest BCUT2D eigenvalue weighted by atomic mass is 9.99.